The minimum absolute atomic E-state index is 0.00980. The van der Waals surface area contributed by atoms with Crippen molar-refractivity contribution in [3.63, 3.8) is 0 Å². The van der Waals surface area contributed by atoms with Gasteiger partial charge in [-0.25, -0.2) is 4.39 Å². The van der Waals surface area contributed by atoms with Crippen molar-refractivity contribution in [3.05, 3.63) is 84.1 Å². The second kappa shape index (κ2) is 20.1. The van der Waals surface area contributed by atoms with Crippen molar-refractivity contribution in [2.24, 2.45) is 22.5 Å². The Hall–Kier alpha value is -3.92. The lowest BCUT2D eigenvalue weighted by Gasteiger charge is -2.33. The highest BCUT2D eigenvalue weighted by Crippen LogP contribution is 2.28. The summed E-state index contributed by atoms with van der Waals surface area (Å²) in [4.78, 5) is 25.8. The number of likely N-dealkylation sites (tertiary alicyclic amines) is 1. The molecule has 0 aromatic heterocycles. The van der Waals surface area contributed by atoms with Crippen LogP contribution in [0.1, 0.15) is 58.8 Å². The first-order chi connectivity index (χ1) is 20.8. The number of nitrogens with two attached hydrogens (primary N) is 2. The first kappa shape index (κ1) is 35.3. The zero-order valence-electron chi connectivity index (χ0n) is 25.8. The third-order valence-electron chi connectivity index (χ3n) is 7.08. The Labute approximate surface area is 256 Å². The molecule has 2 atom stereocenters. The van der Waals surface area contributed by atoms with Crippen LogP contribution in [0, 0.1) is 5.92 Å². The lowest BCUT2D eigenvalue weighted by atomic mass is 10.0. The first-order valence-corrected chi connectivity index (χ1v) is 15.1. The number of amides is 2. The maximum Gasteiger partial charge on any atom is 0.248 e. The van der Waals surface area contributed by atoms with Gasteiger partial charge in [0, 0.05) is 25.1 Å². The van der Waals surface area contributed by atoms with Gasteiger partial charge in [-0.1, -0.05) is 43.7 Å². The van der Waals surface area contributed by atoms with Crippen LogP contribution in [-0.2, 0) is 14.3 Å². The molecule has 2 heterocycles. The van der Waals surface area contributed by atoms with Crippen LogP contribution in [0.3, 0.4) is 0 Å². The van der Waals surface area contributed by atoms with E-state index in [2.05, 4.69) is 20.7 Å². The Bertz CT molecular complexity index is 1150. The second-order valence-electron chi connectivity index (χ2n) is 10.7. The summed E-state index contributed by atoms with van der Waals surface area (Å²) in [5.74, 6) is 0.0427. The summed E-state index contributed by atoms with van der Waals surface area (Å²) >= 11 is 0. The molecule has 0 bridgehead atoms. The van der Waals surface area contributed by atoms with Gasteiger partial charge in [-0.05, 0) is 87.6 Å². The van der Waals surface area contributed by atoms with E-state index in [0.29, 0.717) is 24.5 Å². The SMILES string of the molecule is CC/C=C(\C=C/N)C1=N/NC(C)/C=C\C(C(N)=O)=C/C\1.CO/C=C/C=C\C(F)=C\CN1CCCCC1C(=O)NCC1CC1. The molecule has 0 radical (unpaired) electrons. The Morgan fingerprint density at radius 1 is 1.21 bits per heavy atom. The quantitative estimate of drug-likeness (QED) is 0.194. The van der Waals surface area contributed by atoms with E-state index in [4.69, 9.17) is 16.2 Å². The van der Waals surface area contributed by atoms with Gasteiger partial charge in [0.1, 0.15) is 5.83 Å². The van der Waals surface area contributed by atoms with Gasteiger partial charge in [-0.2, -0.15) is 5.10 Å². The van der Waals surface area contributed by atoms with E-state index in [-0.39, 0.29) is 23.8 Å². The lowest BCUT2D eigenvalue weighted by molar-refractivity contribution is -0.127. The van der Waals surface area contributed by atoms with Crippen LogP contribution in [-0.4, -0.2) is 61.3 Å². The maximum atomic E-state index is 13.7. The molecule has 2 amide bonds. The Morgan fingerprint density at radius 3 is 2.67 bits per heavy atom. The van der Waals surface area contributed by atoms with Gasteiger partial charge in [0.2, 0.25) is 11.8 Å². The van der Waals surface area contributed by atoms with Crippen molar-refractivity contribution >= 4 is 17.5 Å². The van der Waals surface area contributed by atoms with E-state index < -0.39 is 5.91 Å². The number of primary amides is 1. The van der Waals surface area contributed by atoms with Crippen LogP contribution >= 0.6 is 0 Å². The topological polar surface area (TPSA) is 135 Å². The molecule has 1 aliphatic carbocycles. The number of methoxy groups -OCH3 is 1. The molecule has 2 aliphatic heterocycles. The molecule has 6 N–H and O–H groups in total. The van der Waals surface area contributed by atoms with Crippen LogP contribution < -0.4 is 22.2 Å². The third kappa shape index (κ3) is 14.2. The number of piperidine rings is 1. The third-order valence-corrected chi connectivity index (χ3v) is 7.08. The number of nitrogens with one attached hydrogen (secondary N) is 2. The van der Waals surface area contributed by atoms with E-state index >= 15 is 0 Å². The van der Waals surface area contributed by atoms with Crippen molar-refractivity contribution < 1.29 is 18.7 Å². The fourth-order valence-electron chi connectivity index (χ4n) is 4.50. The molecular formula is C33H49FN6O3. The van der Waals surface area contributed by atoms with Gasteiger partial charge in [-0.15, -0.1) is 0 Å². The fraction of sp³-hybridized carbons (Fsp3) is 0.485. The van der Waals surface area contributed by atoms with Gasteiger partial charge < -0.3 is 26.9 Å². The van der Waals surface area contributed by atoms with Crippen LogP contribution in [0.2, 0.25) is 0 Å². The highest BCUT2D eigenvalue weighted by atomic mass is 19.1. The summed E-state index contributed by atoms with van der Waals surface area (Å²) in [6.07, 6.45) is 25.1. The Kier molecular flexibility index (Phi) is 16.5. The summed E-state index contributed by atoms with van der Waals surface area (Å²) in [6, 6.07) is -0.112. The second-order valence-corrected chi connectivity index (χ2v) is 10.7. The number of hydrogen-bond donors (Lipinski definition) is 4. The molecular weight excluding hydrogens is 547 g/mol. The number of nitrogens with zero attached hydrogens (tertiary/aromatic N) is 2. The number of ether oxygens (including phenoxy) is 1. The molecule has 2 fully saturated rings. The van der Waals surface area contributed by atoms with Gasteiger partial charge in [-0.3, -0.25) is 14.5 Å². The standard InChI is InChI=1S/C18H27FN2O2.C15H22N4O/c1-23-13-5-3-6-16(19)10-12-21-11-4-2-7-17(21)18(22)20-14-15-8-9-15;1-3-4-12(9-10-16)14-8-7-13(15(17)20)6-5-11(2)18-19-14/h3,5-6,10,13,15,17H,2,4,7-9,11-12,14H2,1H3,(H,20,22);4-7,9-11,18H,3,8,16H2,1-2H3,(H2,17,20)/b6-3-,13-5+,16-10-;6-5-,10-9-,12-4+,13-7+,19-14+. The van der Waals surface area contributed by atoms with E-state index in [0.717, 1.165) is 50.1 Å². The van der Waals surface area contributed by atoms with E-state index in [1.54, 1.807) is 37.5 Å². The number of hydrogen-bond acceptors (Lipinski definition) is 7. The number of carbonyl (C=O) groups is 2. The lowest BCUT2D eigenvalue weighted by Crippen LogP contribution is -2.49. The molecule has 1 saturated heterocycles. The normalized spacial score (nSPS) is 25.3. The largest absolute Gasteiger partial charge is 0.504 e. The summed E-state index contributed by atoms with van der Waals surface area (Å²) in [5.41, 5.74) is 16.1. The molecule has 9 nitrogen and oxygen atoms in total. The molecule has 0 aromatic carbocycles. The predicted octanol–water partition coefficient (Wildman–Crippen LogP) is 4.44. The first-order valence-electron chi connectivity index (χ1n) is 15.1. The summed E-state index contributed by atoms with van der Waals surface area (Å²) < 4.78 is 18.5. The number of halogens is 1. The minimum Gasteiger partial charge on any atom is -0.504 e. The average Bonchev–Trinajstić information content (AvgIpc) is 3.82. The van der Waals surface area contributed by atoms with E-state index in [1.807, 2.05) is 26.0 Å². The minimum atomic E-state index is -0.440. The van der Waals surface area contributed by atoms with Crippen LogP contribution in [0.25, 0.3) is 0 Å². The monoisotopic (exact) mass is 596 g/mol. The van der Waals surface area contributed by atoms with E-state index in [1.165, 1.54) is 37.5 Å². The number of rotatable bonds is 12. The van der Waals surface area contributed by atoms with Crippen LogP contribution in [0.15, 0.2) is 89.2 Å². The number of carbonyl (C=O) groups excluding carboxylic acids is 2. The van der Waals surface area contributed by atoms with Crippen molar-refractivity contribution in [3.8, 4) is 0 Å². The number of allylic oxidation sites excluding steroid dienone is 8. The summed E-state index contributed by atoms with van der Waals surface area (Å²) in [6.45, 7) is 6.10. The zero-order valence-corrected chi connectivity index (χ0v) is 25.8. The highest BCUT2D eigenvalue weighted by molar-refractivity contribution is 6.04. The predicted molar refractivity (Wildman–Crippen MR) is 172 cm³/mol. The molecule has 2 unspecified atom stereocenters. The van der Waals surface area contributed by atoms with E-state index in [9.17, 15) is 14.0 Å². The number of hydrazone groups is 1. The fourth-order valence-corrected chi connectivity index (χ4v) is 4.50. The van der Waals surface area contributed by atoms with Crippen molar-refractivity contribution in [1.82, 2.24) is 15.6 Å². The van der Waals surface area contributed by atoms with Crippen molar-refractivity contribution in [1.29, 1.82) is 0 Å². The van der Waals surface area contributed by atoms with Gasteiger partial charge in [0.25, 0.3) is 0 Å². The van der Waals surface area contributed by atoms with Gasteiger partial charge >= 0.3 is 0 Å². The molecule has 0 aromatic rings. The molecule has 0 spiro atoms. The van der Waals surface area contributed by atoms with Gasteiger partial charge in [0.05, 0.1) is 31.2 Å². The Balaban J connectivity index is 0.000000304. The molecule has 43 heavy (non-hydrogen) atoms. The van der Waals surface area contributed by atoms with Crippen LogP contribution in [0.5, 0.6) is 0 Å². The maximum absolute atomic E-state index is 13.7. The smallest absolute Gasteiger partial charge is 0.248 e. The van der Waals surface area contributed by atoms with Crippen molar-refractivity contribution in [2.45, 2.75) is 70.9 Å². The molecule has 3 aliphatic rings. The molecule has 1 saturated carbocycles. The van der Waals surface area contributed by atoms with Gasteiger partial charge in [0.15, 0.2) is 0 Å². The van der Waals surface area contributed by atoms with Crippen molar-refractivity contribution in [2.75, 3.05) is 26.7 Å². The molecule has 236 valence electrons. The zero-order chi connectivity index (χ0) is 31.5. The average molecular weight is 597 g/mol. The highest BCUT2D eigenvalue weighted by Gasteiger charge is 2.29. The molecule has 3 rings (SSSR count). The van der Waals surface area contributed by atoms with Crippen LogP contribution in [0.4, 0.5) is 4.39 Å². The summed E-state index contributed by atoms with van der Waals surface area (Å²) in [7, 11) is 1.54. The molecule has 10 heteroatoms. The Morgan fingerprint density at radius 2 is 2.00 bits per heavy atom. The summed E-state index contributed by atoms with van der Waals surface area (Å²) in [5, 5.41) is 7.45.